The van der Waals surface area contributed by atoms with Crippen LogP contribution in [0.1, 0.15) is 28.9 Å². The van der Waals surface area contributed by atoms with E-state index in [1.54, 1.807) is 30.3 Å². The zero-order valence-electron chi connectivity index (χ0n) is 18.8. The van der Waals surface area contributed by atoms with Gasteiger partial charge in [-0.3, -0.25) is 9.59 Å². The van der Waals surface area contributed by atoms with Gasteiger partial charge in [-0.25, -0.2) is 14.8 Å². The Bertz CT molecular complexity index is 1490. The smallest absolute Gasteiger partial charge is 0.326 e. The van der Waals surface area contributed by atoms with Crippen molar-refractivity contribution >= 4 is 57.2 Å². The third-order valence-corrected chi connectivity index (χ3v) is 5.38. The molecule has 2 heterocycles. The summed E-state index contributed by atoms with van der Waals surface area (Å²) < 4.78 is 0. The third kappa shape index (κ3) is 5.19. The van der Waals surface area contributed by atoms with E-state index in [-0.39, 0.29) is 42.4 Å². The Balaban J connectivity index is 1.57. The third-order valence-electron chi connectivity index (χ3n) is 5.38. The van der Waals surface area contributed by atoms with Crippen LogP contribution in [0.15, 0.2) is 42.6 Å². The van der Waals surface area contributed by atoms with Crippen LogP contribution in [0.3, 0.4) is 0 Å². The van der Waals surface area contributed by atoms with Crippen molar-refractivity contribution in [3.63, 3.8) is 0 Å². The van der Waals surface area contributed by atoms with E-state index < -0.39 is 23.9 Å². The Labute approximate surface area is 203 Å². The maximum absolute atomic E-state index is 12.9. The van der Waals surface area contributed by atoms with E-state index in [0.717, 1.165) is 0 Å². The molecule has 0 spiro atoms. The first kappa shape index (κ1) is 24.1. The number of aromatic nitrogens is 4. The quantitative estimate of drug-likeness (QED) is 0.196. The fraction of sp³-hybridized carbons (Fsp3) is 0.174. The van der Waals surface area contributed by atoms with Crippen LogP contribution >= 0.6 is 0 Å². The highest BCUT2D eigenvalue weighted by Gasteiger charge is 2.23. The molecule has 1 amide bonds. The van der Waals surface area contributed by atoms with E-state index in [9.17, 15) is 19.5 Å². The van der Waals surface area contributed by atoms with Gasteiger partial charge < -0.3 is 32.3 Å². The summed E-state index contributed by atoms with van der Waals surface area (Å²) in [6.45, 7) is 0.276. The number of nitrogen functional groups attached to an aromatic ring is 2. The number of benzene rings is 2. The standard InChI is InChI=1S/C23H22N8O5/c24-19-18-20(31-23(25)30-19)27-10-11(28-18)9-26-15-6-5-14(12-3-1-2-4-13(12)15)21(34)29-16(22(35)36)7-8-17(32)33/h1-6,10,16,26H,7-9H2,(H,29,34)(H,32,33)(H,35,36)(H4,24,25,27,30,31). The van der Waals surface area contributed by atoms with Crippen LogP contribution in [0.5, 0.6) is 0 Å². The number of fused-ring (bicyclic) bond motifs is 2. The van der Waals surface area contributed by atoms with Crippen LogP contribution in [0.25, 0.3) is 21.9 Å². The zero-order chi connectivity index (χ0) is 25.8. The highest BCUT2D eigenvalue weighted by molar-refractivity contribution is 6.11. The largest absolute Gasteiger partial charge is 0.481 e. The van der Waals surface area contributed by atoms with Crippen LogP contribution in [-0.2, 0) is 16.1 Å². The first-order valence-corrected chi connectivity index (χ1v) is 10.8. The van der Waals surface area contributed by atoms with Crippen LogP contribution < -0.4 is 22.1 Å². The summed E-state index contributed by atoms with van der Waals surface area (Å²) in [6, 6.07) is 9.04. The summed E-state index contributed by atoms with van der Waals surface area (Å²) in [5, 5.41) is 25.2. The molecule has 13 nitrogen and oxygen atoms in total. The SMILES string of the molecule is Nc1nc(N)c2nc(CNc3ccc(C(=O)NC(CCC(=O)O)C(=O)O)c4ccccc34)cnc2n1. The average molecular weight is 490 g/mol. The number of hydrogen-bond donors (Lipinski definition) is 6. The maximum atomic E-state index is 12.9. The number of rotatable bonds is 9. The van der Waals surface area contributed by atoms with Gasteiger partial charge in [-0.2, -0.15) is 9.97 Å². The normalized spacial score (nSPS) is 11.8. The van der Waals surface area contributed by atoms with Crippen LogP contribution in [0.2, 0.25) is 0 Å². The minimum absolute atomic E-state index is 0.00679. The van der Waals surface area contributed by atoms with Crippen molar-refractivity contribution in [2.45, 2.75) is 25.4 Å². The average Bonchev–Trinajstić information content (AvgIpc) is 2.84. The van der Waals surface area contributed by atoms with Gasteiger partial charge in [-0.15, -0.1) is 0 Å². The number of amides is 1. The topological polar surface area (TPSA) is 219 Å². The van der Waals surface area contributed by atoms with Gasteiger partial charge in [0.05, 0.1) is 18.4 Å². The number of carbonyl (C=O) groups excluding carboxylic acids is 1. The van der Waals surface area contributed by atoms with Crippen molar-refractivity contribution in [2.24, 2.45) is 0 Å². The van der Waals surface area contributed by atoms with Gasteiger partial charge in [0.25, 0.3) is 5.91 Å². The molecule has 4 aromatic rings. The predicted molar refractivity (Wildman–Crippen MR) is 131 cm³/mol. The Morgan fingerprint density at radius 3 is 2.44 bits per heavy atom. The molecule has 0 saturated heterocycles. The van der Waals surface area contributed by atoms with E-state index in [2.05, 4.69) is 30.6 Å². The van der Waals surface area contributed by atoms with E-state index in [0.29, 0.717) is 27.7 Å². The number of carboxylic acids is 2. The Morgan fingerprint density at radius 2 is 1.72 bits per heavy atom. The molecule has 0 fully saturated rings. The second-order valence-electron chi connectivity index (χ2n) is 7.86. The highest BCUT2D eigenvalue weighted by atomic mass is 16.4. The fourth-order valence-electron chi connectivity index (χ4n) is 3.67. The Morgan fingerprint density at radius 1 is 0.972 bits per heavy atom. The number of hydrogen-bond acceptors (Lipinski definition) is 10. The van der Waals surface area contributed by atoms with E-state index in [1.807, 2.05) is 6.07 Å². The van der Waals surface area contributed by atoms with E-state index >= 15 is 0 Å². The molecule has 2 aromatic heterocycles. The number of aliphatic carboxylic acids is 2. The van der Waals surface area contributed by atoms with Gasteiger partial charge in [-0.05, 0) is 23.9 Å². The van der Waals surface area contributed by atoms with Crippen LogP contribution in [-0.4, -0.2) is 54.0 Å². The van der Waals surface area contributed by atoms with Crippen molar-refractivity contribution in [2.75, 3.05) is 16.8 Å². The molecule has 0 aliphatic rings. The summed E-state index contributed by atoms with van der Waals surface area (Å²) in [5.41, 5.74) is 13.6. The van der Waals surface area contributed by atoms with E-state index in [4.69, 9.17) is 16.6 Å². The van der Waals surface area contributed by atoms with Crippen LogP contribution in [0.4, 0.5) is 17.5 Å². The summed E-state index contributed by atoms with van der Waals surface area (Å²) in [4.78, 5) is 51.8. The minimum Gasteiger partial charge on any atom is -0.481 e. The zero-order valence-corrected chi connectivity index (χ0v) is 18.8. The molecule has 8 N–H and O–H groups in total. The van der Waals surface area contributed by atoms with Crippen molar-refractivity contribution in [1.82, 2.24) is 25.3 Å². The summed E-state index contributed by atoms with van der Waals surface area (Å²) in [6.07, 6.45) is 0.918. The molecule has 0 radical (unpaired) electrons. The minimum atomic E-state index is -1.33. The number of nitrogens with two attached hydrogens (primary N) is 2. The van der Waals surface area contributed by atoms with Gasteiger partial charge in [-0.1, -0.05) is 24.3 Å². The summed E-state index contributed by atoms with van der Waals surface area (Å²) >= 11 is 0. The molecule has 1 atom stereocenters. The lowest BCUT2D eigenvalue weighted by Crippen LogP contribution is -2.41. The maximum Gasteiger partial charge on any atom is 0.326 e. The molecular weight excluding hydrogens is 468 g/mol. The lowest BCUT2D eigenvalue weighted by Gasteiger charge is -2.16. The second-order valence-corrected chi connectivity index (χ2v) is 7.86. The summed E-state index contributed by atoms with van der Waals surface area (Å²) in [5.74, 6) is -2.95. The monoisotopic (exact) mass is 490 g/mol. The Hall–Kier alpha value is -5.07. The second kappa shape index (κ2) is 10.0. The lowest BCUT2D eigenvalue weighted by molar-refractivity contribution is -0.140. The lowest BCUT2D eigenvalue weighted by atomic mass is 10.0. The number of nitrogens with one attached hydrogen (secondary N) is 2. The first-order chi connectivity index (χ1) is 17.2. The molecule has 36 heavy (non-hydrogen) atoms. The van der Waals surface area contributed by atoms with Gasteiger partial charge >= 0.3 is 11.9 Å². The molecule has 0 bridgehead atoms. The van der Waals surface area contributed by atoms with Crippen molar-refractivity contribution in [3.05, 3.63) is 53.9 Å². The van der Waals surface area contributed by atoms with Crippen molar-refractivity contribution < 1.29 is 24.6 Å². The molecule has 0 aliphatic heterocycles. The Kier molecular flexibility index (Phi) is 6.72. The molecule has 0 aliphatic carbocycles. The molecule has 13 heteroatoms. The van der Waals surface area contributed by atoms with Gasteiger partial charge in [0.2, 0.25) is 5.95 Å². The van der Waals surface area contributed by atoms with Crippen molar-refractivity contribution in [3.8, 4) is 0 Å². The molecule has 4 rings (SSSR count). The van der Waals surface area contributed by atoms with Crippen LogP contribution in [0, 0.1) is 0 Å². The summed E-state index contributed by atoms with van der Waals surface area (Å²) in [7, 11) is 0. The molecule has 2 aromatic carbocycles. The molecule has 1 unspecified atom stereocenters. The molecule has 0 saturated carbocycles. The van der Waals surface area contributed by atoms with Gasteiger partial charge in [0, 0.05) is 23.1 Å². The number of carboxylic acid groups (broad SMARTS) is 2. The number of nitrogens with zero attached hydrogens (tertiary/aromatic N) is 4. The molecular formula is C23H22N8O5. The predicted octanol–water partition coefficient (Wildman–Crippen LogP) is 1.40. The first-order valence-electron chi connectivity index (χ1n) is 10.8. The van der Waals surface area contributed by atoms with Gasteiger partial charge in [0.15, 0.2) is 17.0 Å². The highest BCUT2D eigenvalue weighted by Crippen LogP contribution is 2.27. The van der Waals surface area contributed by atoms with E-state index in [1.165, 1.54) is 6.20 Å². The molecule has 184 valence electrons. The van der Waals surface area contributed by atoms with Crippen molar-refractivity contribution in [1.29, 1.82) is 0 Å². The number of anilines is 3. The number of carbonyl (C=O) groups is 3. The fourth-order valence-corrected chi connectivity index (χ4v) is 3.67. The van der Waals surface area contributed by atoms with Gasteiger partial charge in [0.1, 0.15) is 6.04 Å².